The van der Waals surface area contributed by atoms with Crippen LogP contribution in [0.1, 0.15) is 75.0 Å². The van der Waals surface area contributed by atoms with Crippen molar-refractivity contribution in [3.8, 4) is 0 Å². The van der Waals surface area contributed by atoms with Crippen LogP contribution in [-0.4, -0.2) is 38.4 Å². The van der Waals surface area contributed by atoms with Gasteiger partial charge in [0, 0.05) is 17.7 Å². The molecule has 3 rings (SSSR count). The monoisotopic (exact) mass is 344 g/mol. The molecule has 25 heavy (non-hydrogen) atoms. The number of pyridine rings is 1. The first-order valence-electron chi connectivity index (χ1n) is 9.20. The van der Waals surface area contributed by atoms with Crippen LogP contribution >= 0.6 is 0 Å². The Labute approximate surface area is 148 Å². The predicted octanol–water partition coefficient (Wildman–Crippen LogP) is 3.03. The number of hydrogen-bond donors (Lipinski definition) is 2. The molecule has 2 heterocycles. The van der Waals surface area contributed by atoms with Crippen LogP contribution in [0.4, 0.5) is 0 Å². The van der Waals surface area contributed by atoms with Crippen molar-refractivity contribution in [3.63, 3.8) is 0 Å². The highest BCUT2D eigenvalue weighted by atomic mass is 16.3. The van der Waals surface area contributed by atoms with E-state index in [9.17, 15) is 9.90 Å². The first-order valence-corrected chi connectivity index (χ1v) is 9.20. The lowest BCUT2D eigenvalue weighted by molar-refractivity contribution is 0.0910. The van der Waals surface area contributed by atoms with Crippen molar-refractivity contribution in [1.29, 1.82) is 0 Å². The molecule has 136 valence electrons. The number of fused-ring (bicyclic) bond motifs is 1. The fraction of sp³-hybridized carbons (Fsp3) is 0.632. The van der Waals surface area contributed by atoms with Gasteiger partial charge in [-0.25, -0.2) is 9.67 Å². The number of nitrogens with one attached hydrogen (secondary N) is 1. The van der Waals surface area contributed by atoms with E-state index in [2.05, 4.69) is 38.1 Å². The molecule has 1 saturated carbocycles. The second-order valence-corrected chi connectivity index (χ2v) is 7.77. The summed E-state index contributed by atoms with van der Waals surface area (Å²) in [7, 11) is 0. The van der Waals surface area contributed by atoms with Gasteiger partial charge >= 0.3 is 0 Å². The SMILES string of the molecule is CC(C)CC(CO)NC(=O)c1cc(C2CC2)nc2c1cnn2C(C)C. The minimum absolute atomic E-state index is 0.0567. The number of amides is 1. The molecule has 2 aromatic heterocycles. The lowest BCUT2D eigenvalue weighted by Crippen LogP contribution is -2.38. The molecule has 0 bridgehead atoms. The van der Waals surface area contributed by atoms with Crippen LogP contribution in [0.3, 0.4) is 0 Å². The largest absolute Gasteiger partial charge is 0.394 e. The minimum atomic E-state index is -0.236. The molecule has 0 spiro atoms. The van der Waals surface area contributed by atoms with E-state index in [1.54, 1.807) is 6.20 Å². The molecule has 1 atom stereocenters. The van der Waals surface area contributed by atoms with E-state index in [-0.39, 0.29) is 24.6 Å². The van der Waals surface area contributed by atoms with Gasteiger partial charge in [-0.2, -0.15) is 5.10 Å². The molecule has 0 saturated heterocycles. The quantitative estimate of drug-likeness (QED) is 0.809. The molecule has 1 fully saturated rings. The van der Waals surface area contributed by atoms with E-state index in [4.69, 9.17) is 4.98 Å². The average molecular weight is 344 g/mol. The summed E-state index contributed by atoms with van der Waals surface area (Å²) in [6, 6.07) is 1.85. The minimum Gasteiger partial charge on any atom is -0.394 e. The zero-order valence-electron chi connectivity index (χ0n) is 15.5. The normalized spacial score (nSPS) is 16.0. The topological polar surface area (TPSA) is 80.0 Å². The molecule has 1 amide bonds. The highest BCUT2D eigenvalue weighted by Gasteiger charge is 2.28. The molecular weight excluding hydrogens is 316 g/mol. The van der Waals surface area contributed by atoms with Crippen LogP contribution in [0.5, 0.6) is 0 Å². The van der Waals surface area contributed by atoms with E-state index in [0.717, 1.165) is 36.0 Å². The fourth-order valence-electron chi connectivity index (χ4n) is 3.20. The first kappa shape index (κ1) is 17.9. The molecule has 0 aromatic carbocycles. The van der Waals surface area contributed by atoms with E-state index >= 15 is 0 Å². The maximum Gasteiger partial charge on any atom is 0.252 e. The average Bonchev–Trinajstić information content (AvgIpc) is 3.31. The Balaban J connectivity index is 1.97. The molecule has 0 aliphatic heterocycles. The number of aromatic nitrogens is 3. The van der Waals surface area contributed by atoms with Gasteiger partial charge in [-0.15, -0.1) is 0 Å². The zero-order chi connectivity index (χ0) is 18.1. The Morgan fingerprint density at radius 2 is 2.08 bits per heavy atom. The molecule has 1 aliphatic carbocycles. The third kappa shape index (κ3) is 3.84. The van der Waals surface area contributed by atoms with Crippen LogP contribution < -0.4 is 5.32 Å². The van der Waals surface area contributed by atoms with E-state index in [0.29, 0.717) is 17.4 Å². The Bertz CT molecular complexity index is 762. The second-order valence-electron chi connectivity index (χ2n) is 7.77. The second kappa shape index (κ2) is 7.12. The molecule has 1 aliphatic rings. The van der Waals surface area contributed by atoms with Crippen molar-refractivity contribution < 1.29 is 9.90 Å². The summed E-state index contributed by atoms with van der Waals surface area (Å²) in [4.78, 5) is 17.7. The maximum atomic E-state index is 12.9. The summed E-state index contributed by atoms with van der Waals surface area (Å²) in [5.41, 5.74) is 2.36. The van der Waals surface area contributed by atoms with E-state index in [1.165, 1.54) is 0 Å². The van der Waals surface area contributed by atoms with Gasteiger partial charge < -0.3 is 10.4 Å². The number of nitrogens with zero attached hydrogens (tertiary/aromatic N) is 3. The van der Waals surface area contributed by atoms with Crippen molar-refractivity contribution in [1.82, 2.24) is 20.1 Å². The van der Waals surface area contributed by atoms with E-state index in [1.807, 2.05) is 10.7 Å². The van der Waals surface area contributed by atoms with Gasteiger partial charge in [-0.1, -0.05) is 13.8 Å². The lowest BCUT2D eigenvalue weighted by atomic mass is 10.0. The van der Waals surface area contributed by atoms with Gasteiger partial charge in [0.25, 0.3) is 5.91 Å². The summed E-state index contributed by atoms with van der Waals surface area (Å²) in [6.45, 7) is 8.22. The van der Waals surface area contributed by atoms with Crippen molar-refractivity contribution >= 4 is 16.9 Å². The van der Waals surface area contributed by atoms with Crippen molar-refractivity contribution in [2.45, 2.75) is 65.0 Å². The van der Waals surface area contributed by atoms with Gasteiger partial charge in [0.1, 0.15) is 0 Å². The van der Waals surface area contributed by atoms with Crippen molar-refractivity contribution in [2.24, 2.45) is 5.92 Å². The third-order valence-electron chi connectivity index (χ3n) is 4.63. The van der Waals surface area contributed by atoms with Crippen molar-refractivity contribution in [3.05, 3.63) is 23.5 Å². The predicted molar refractivity (Wildman–Crippen MR) is 97.7 cm³/mol. The smallest absolute Gasteiger partial charge is 0.252 e. The Kier molecular flexibility index (Phi) is 5.08. The molecule has 6 heteroatoms. The van der Waals surface area contributed by atoms with Gasteiger partial charge in [0.05, 0.1) is 29.8 Å². The first-order chi connectivity index (χ1) is 11.9. The Morgan fingerprint density at radius 3 is 2.64 bits per heavy atom. The summed E-state index contributed by atoms with van der Waals surface area (Å²) >= 11 is 0. The van der Waals surface area contributed by atoms with Gasteiger partial charge in [0.15, 0.2) is 5.65 Å². The number of aliphatic hydroxyl groups is 1. The lowest BCUT2D eigenvalue weighted by Gasteiger charge is -2.19. The molecule has 0 radical (unpaired) electrons. The highest BCUT2D eigenvalue weighted by molar-refractivity contribution is 6.05. The van der Waals surface area contributed by atoms with Crippen LogP contribution in [0.15, 0.2) is 12.3 Å². The van der Waals surface area contributed by atoms with Gasteiger partial charge in [-0.3, -0.25) is 4.79 Å². The number of carbonyl (C=O) groups excluding carboxylic acids is 1. The van der Waals surface area contributed by atoms with Crippen molar-refractivity contribution in [2.75, 3.05) is 6.61 Å². The number of hydrogen-bond acceptors (Lipinski definition) is 4. The summed E-state index contributed by atoms with van der Waals surface area (Å²) in [5, 5.41) is 17.8. The van der Waals surface area contributed by atoms with E-state index < -0.39 is 0 Å². The van der Waals surface area contributed by atoms with Gasteiger partial charge in [-0.05, 0) is 45.1 Å². The molecule has 6 nitrogen and oxygen atoms in total. The number of carbonyl (C=O) groups is 1. The highest BCUT2D eigenvalue weighted by Crippen LogP contribution is 2.40. The summed E-state index contributed by atoms with van der Waals surface area (Å²) in [6.07, 6.45) is 4.73. The summed E-state index contributed by atoms with van der Waals surface area (Å²) < 4.78 is 1.87. The molecule has 2 N–H and O–H groups in total. The third-order valence-corrected chi connectivity index (χ3v) is 4.63. The Morgan fingerprint density at radius 1 is 1.36 bits per heavy atom. The summed E-state index contributed by atoms with van der Waals surface area (Å²) in [5.74, 6) is 0.702. The molecule has 1 unspecified atom stereocenters. The number of aliphatic hydroxyl groups excluding tert-OH is 1. The zero-order valence-corrected chi connectivity index (χ0v) is 15.5. The van der Waals surface area contributed by atoms with Gasteiger partial charge in [0.2, 0.25) is 0 Å². The van der Waals surface area contributed by atoms with Crippen LogP contribution in [0, 0.1) is 5.92 Å². The molecule has 2 aromatic rings. The van der Waals surface area contributed by atoms with Crippen LogP contribution in [0.25, 0.3) is 11.0 Å². The van der Waals surface area contributed by atoms with Crippen LogP contribution in [-0.2, 0) is 0 Å². The standard InChI is InChI=1S/C19H28N4O2/c1-11(2)7-14(10-24)21-19(25)15-8-17(13-5-6-13)22-18-16(15)9-20-23(18)12(3)4/h8-9,11-14,24H,5-7,10H2,1-4H3,(H,21,25). The fourth-order valence-corrected chi connectivity index (χ4v) is 3.20. The Hall–Kier alpha value is -1.95. The number of rotatable bonds is 7. The molecular formula is C19H28N4O2. The van der Waals surface area contributed by atoms with Crippen LogP contribution in [0.2, 0.25) is 0 Å². The maximum absolute atomic E-state index is 12.9.